The van der Waals surface area contributed by atoms with Crippen LogP contribution in [-0.4, -0.2) is 12.1 Å². The highest BCUT2D eigenvalue weighted by Gasteiger charge is 2.33. The van der Waals surface area contributed by atoms with Crippen LogP contribution in [-0.2, 0) is 14.3 Å². The normalized spacial score (nSPS) is 19.0. The minimum Gasteiger partial charge on any atom is -0.452 e. The van der Waals surface area contributed by atoms with Gasteiger partial charge in [-0.15, -0.1) is 11.3 Å². The van der Waals surface area contributed by atoms with E-state index in [4.69, 9.17) is 14.3 Å². The van der Waals surface area contributed by atoms with Crippen molar-refractivity contribution in [2.45, 2.75) is 26.4 Å². The van der Waals surface area contributed by atoms with E-state index in [9.17, 15) is 4.79 Å². The number of hydrogen-bond acceptors (Lipinski definition) is 5. The Morgan fingerprint density at radius 2 is 1.81 bits per heavy atom. The average Bonchev–Trinajstić information content (AvgIpc) is 2.98. The number of cyclic esters (lactones) is 1. The van der Waals surface area contributed by atoms with Gasteiger partial charge in [0.05, 0.1) is 5.56 Å². The number of esters is 1. The zero-order valence-corrected chi connectivity index (χ0v) is 11.6. The molecule has 2 atom stereocenters. The first-order valence-corrected chi connectivity index (χ1v) is 6.89. The van der Waals surface area contributed by atoms with E-state index < -0.39 is 0 Å². The van der Waals surface area contributed by atoms with E-state index in [2.05, 4.69) is 6.92 Å². The Hall–Kier alpha value is -2.23. The lowest BCUT2D eigenvalue weighted by Gasteiger charge is -2.29. The van der Waals surface area contributed by atoms with Crippen LogP contribution >= 0.6 is 11.3 Å². The molecule has 4 nitrogen and oxygen atoms in total. The number of hydrogen-bond donors (Lipinski definition) is 0. The van der Waals surface area contributed by atoms with Crippen LogP contribution in [0.1, 0.15) is 47.2 Å². The summed E-state index contributed by atoms with van der Waals surface area (Å²) in [6, 6.07) is 11.7. The van der Waals surface area contributed by atoms with Gasteiger partial charge in [0.15, 0.2) is 0 Å². The number of fused-ring (bicyclic) bond motifs is 1. The topological polar surface area (TPSA) is 60.4 Å². The first kappa shape index (κ1) is 16.8. The smallest absolute Gasteiger partial charge is 0.373 e. The maximum Gasteiger partial charge on any atom is 0.373 e. The molecule has 110 valence electrons. The maximum absolute atomic E-state index is 11.9. The zero-order chi connectivity index (χ0) is 14.5. The van der Waals surface area contributed by atoms with E-state index in [0.29, 0.717) is 5.56 Å². The highest BCUT2D eigenvalue weighted by molar-refractivity contribution is 7.10. The highest BCUT2D eigenvalue weighted by Crippen LogP contribution is 2.41. The number of ether oxygens (including phenoxy) is 1. The molecule has 0 N–H and O–H groups in total. The van der Waals surface area contributed by atoms with Crippen LogP contribution in [0.5, 0.6) is 0 Å². The van der Waals surface area contributed by atoms with Crippen molar-refractivity contribution in [3.8, 4) is 0 Å². The average molecular weight is 304 g/mol. The quantitative estimate of drug-likeness (QED) is 0.751. The molecule has 0 fully saturated rings. The zero-order valence-electron chi connectivity index (χ0n) is 10.7. The Bertz CT molecular complexity index is 627. The molecule has 0 saturated carbocycles. The van der Waals surface area contributed by atoms with Crippen LogP contribution in [0.3, 0.4) is 0 Å². The van der Waals surface area contributed by atoms with Gasteiger partial charge < -0.3 is 4.74 Å². The lowest BCUT2D eigenvalue weighted by Crippen LogP contribution is -2.24. The largest absolute Gasteiger partial charge is 0.452 e. The van der Waals surface area contributed by atoms with Crippen LogP contribution in [0.15, 0.2) is 41.8 Å². The summed E-state index contributed by atoms with van der Waals surface area (Å²) in [4.78, 5) is 29.3. The van der Waals surface area contributed by atoms with Gasteiger partial charge in [-0.3, -0.25) is 0 Å². The van der Waals surface area contributed by atoms with Crippen LogP contribution in [0, 0.1) is 0 Å². The Morgan fingerprint density at radius 3 is 2.43 bits per heavy atom. The molecule has 0 unspecified atom stereocenters. The van der Waals surface area contributed by atoms with Gasteiger partial charge in [0.2, 0.25) is 0 Å². The summed E-state index contributed by atoms with van der Waals surface area (Å²) >= 11 is 1.63. The predicted octanol–water partition coefficient (Wildman–Crippen LogP) is 3.82. The van der Waals surface area contributed by atoms with Crippen LogP contribution in [0.25, 0.3) is 0 Å². The maximum atomic E-state index is 11.9. The van der Waals surface area contributed by atoms with Crippen molar-refractivity contribution < 1.29 is 19.1 Å². The van der Waals surface area contributed by atoms with Gasteiger partial charge in [0.1, 0.15) is 6.10 Å². The van der Waals surface area contributed by atoms with Crippen molar-refractivity contribution in [3.63, 3.8) is 0 Å². The van der Waals surface area contributed by atoms with Gasteiger partial charge in [-0.25, -0.2) is 4.79 Å². The number of thiophene rings is 1. The molecule has 1 aromatic heterocycles. The second kappa shape index (κ2) is 7.53. The molecule has 2 heterocycles. The van der Waals surface area contributed by atoms with Crippen molar-refractivity contribution in [2.75, 3.05) is 0 Å². The van der Waals surface area contributed by atoms with Gasteiger partial charge in [-0.1, -0.05) is 38.6 Å². The van der Waals surface area contributed by atoms with Crippen molar-refractivity contribution in [1.29, 1.82) is 0 Å². The standard InChI is InChI=1S/C14H12O2S.CO2.CH4/c1-9-10-5-2-3-6-11(10)14(15)16-13(9)12-7-4-8-17-12;2-1-3;/h2-9,13H,1H3;;1H4/t9-,13-;;/m1../s1. The second-order valence-corrected chi connectivity index (χ2v) is 5.28. The molecule has 21 heavy (non-hydrogen) atoms. The summed E-state index contributed by atoms with van der Waals surface area (Å²) in [5.41, 5.74) is 1.79. The van der Waals surface area contributed by atoms with E-state index in [1.165, 1.54) is 0 Å². The molecule has 1 aromatic carbocycles. The third-order valence-electron chi connectivity index (χ3n) is 3.18. The van der Waals surface area contributed by atoms with Crippen molar-refractivity contribution >= 4 is 23.5 Å². The van der Waals surface area contributed by atoms with Crippen molar-refractivity contribution in [2.24, 2.45) is 0 Å². The molecule has 0 aliphatic carbocycles. The number of carbonyl (C=O) groups is 1. The lowest BCUT2D eigenvalue weighted by atomic mass is 9.88. The first-order chi connectivity index (χ1) is 9.69. The Morgan fingerprint density at radius 1 is 1.14 bits per heavy atom. The van der Waals surface area contributed by atoms with E-state index >= 15 is 0 Å². The van der Waals surface area contributed by atoms with E-state index in [0.717, 1.165) is 10.4 Å². The van der Waals surface area contributed by atoms with Gasteiger partial charge in [0.25, 0.3) is 0 Å². The summed E-state index contributed by atoms with van der Waals surface area (Å²) in [7, 11) is 0. The van der Waals surface area contributed by atoms with Crippen molar-refractivity contribution in [1.82, 2.24) is 0 Å². The van der Waals surface area contributed by atoms with Gasteiger partial charge in [-0.2, -0.15) is 9.59 Å². The third-order valence-corrected chi connectivity index (χ3v) is 4.12. The molecule has 3 rings (SSSR count). The van der Waals surface area contributed by atoms with E-state index in [1.54, 1.807) is 11.3 Å². The Kier molecular flexibility index (Phi) is 6.03. The monoisotopic (exact) mass is 304 g/mol. The highest BCUT2D eigenvalue weighted by atomic mass is 32.1. The minimum absolute atomic E-state index is 0. The fourth-order valence-corrected chi connectivity index (χ4v) is 3.14. The van der Waals surface area contributed by atoms with Crippen molar-refractivity contribution in [3.05, 3.63) is 57.8 Å². The minimum atomic E-state index is -0.211. The number of rotatable bonds is 1. The fraction of sp³-hybridized carbons (Fsp3) is 0.250. The summed E-state index contributed by atoms with van der Waals surface area (Å²) in [5, 5.41) is 2.01. The van der Waals surface area contributed by atoms with Gasteiger partial charge in [-0.05, 0) is 23.1 Å². The molecular weight excluding hydrogens is 288 g/mol. The molecule has 5 heteroatoms. The van der Waals surface area contributed by atoms with Crippen LogP contribution in [0.2, 0.25) is 0 Å². The van der Waals surface area contributed by atoms with E-state index in [1.807, 2.05) is 41.8 Å². The molecular formula is C16H16O4S. The number of benzene rings is 1. The van der Waals surface area contributed by atoms with Gasteiger partial charge >= 0.3 is 12.1 Å². The molecule has 2 aromatic rings. The van der Waals surface area contributed by atoms with Crippen LogP contribution in [0.4, 0.5) is 0 Å². The summed E-state index contributed by atoms with van der Waals surface area (Å²) in [6.07, 6.45) is 0.109. The molecule has 0 amide bonds. The summed E-state index contributed by atoms with van der Waals surface area (Å²) < 4.78 is 5.54. The van der Waals surface area contributed by atoms with Crippen LogP contribution < -0.4 is 0 Å². The summed E-state index contributed by atoms with van der Waals surface area (Å²) in [5.74, 6) is -0.000324. The molecule has 0 radical (unpaired) electrons. The molecule has 1 aliphatic rings. The molecule has 0 saturated heterocycles. The molecule has 0 spiro atoms. The summed E-state index contributed by atoms with van der Waals surface area (Å²) in [6.45, 7) is 2.11. The molecule has 0 bridgehead atoms. The molecule has 1 aliphatic heterocycles. The van der Waals surface area contributed by atoms with Gasteiger partial charge in [0, 0.05) is 10.8 Å². The van der Waals surface area contributed by atoms with E-state index in [-0.39, 0.29) is 31.6 Å². The SMILES string of the molecule is C.C[C@@H]1c2ccccc2C(=O)O[C@H]1c1cccs1.O=C=O. The third kappa shape index (κ3) is 3.45. The predicted molar refractivity (Wildman–Crippen MR) is 79.1 cm³/mol. The lowest BCUT2D eigenvalue weighted by molar-refractivity contribution is -0.191. The Labute approximate surface area is 127 Å². The number of carbonyl (C=O) groups excluding carboxylic acids is 3. The Balaban J connectivity index is 0.000000510. The first-order valence-electron chi connectivity index (χ1n) is 6.01. The second-order valence-electron chi connectivity index (χ2n) is 4.30. The fourth-order valence-electron chi connectivity index (χ4n) is 2.28.